The van der Waals surface area contributed by atoms with Gasteiger partial charge in [-0.3, -0.25) is 25.1 Å². The Morgan fingerprint density at radius 1 is 1.15 bits per heavy atom. The second-order valence-corrected chi connectivity index (χ2v) is 6.11. The Hall–Kier alpha value is -2.54. The maximum absolute atomic E-state index is 10.8. The fraction of sp³-hybridized carbons (Fsp3) is 0.389. The number of hydrogen-bond acceptors (Lipinski definition) is 5. The van der Waals surface area contributed by atoms with Gasteiger partial charge in [-0.25, -0.2) is 0 Å². The van der Waals surface area contributed by atoms with E-state index >= 15 is 0 Å². The predicted molar refractivity (Wildman–Crippen MR) is 102 cm³/mol. The third kappa shape index (κ3) is 7.57. The van der Waals surface area contributed by atoms with Crippen molar-refractivity contribution < 1.29 is 4.92 Å². The maximum atomic E-state index is 10.8. The van der Waals surface area contributed by atoms with Crippen LogP contribution in [0.15, 0.2) is 47.7 Å². The van der Waals surface area contributed by atoms with Crippen molar-refractivity contribution >= 4 is 17.4 Å². The van der Waals surface area contributed by atoms with Crippen LogP contribution < -0.4 is 5.32 Å². The van der Waals surface area contributed by atoms with E-state index in [-0.39, 0.29) is 11.5 Å². The zero-order valence-corrected chi connectivity index (χ0v) is 15.2. The first-order valence-corrected chi connectivity index (χ1v) is 8.91. The fourth-order valence-electron chi connectivity index (χ4n) is 2.39. The topological polar surface area (TPSA) is 93.3 Å². The third-order valence-corrected chi connectivity index (χ3v) is 4.02. The van der Waals surface area contributed by atoms with E-state index in [1.807, 2.05) is 24.3 Å². The smallest absolute Gasteiger partial charge is 0.259 e. The molecule has 2 aromatic heterocycles. The number of halogens is 1. The molecule has 2 rings (SSSR count). The van der Waals surface area contributed by atoms with E-state index in [2.05, 4.69) is 20.3 Å². The van der Waals surface area contributed by atoms with Crippen LogP contribution in [-0.4, -0.2) is 40.4 Å². The Morgan fingerprint density at radius 3 is 2.73 bits per heavy atom. The van der Waals surface area contributed by atoms with Gasteiger partial charge in [0.15, 0.2) is 5.84 Å². The Kier molecular flexibility index (Phi) is 8.48. The predicted octanol–water partition coefficient (Wildman–Crippen LogP) is 2.96. The molecule has 0 radical (unpaired) electrons. The fourth-order valence-corrected chi connectivity index (χ4v) is 2.60. The van der Waals surface area contributed by atoms with Crippen LogP contribution >= 0.6 is 11.6 Å². The molecular weight excluding hydrogens is 354 g/mol. The van der Waals surface area contributed by atoms with Gasteiger partial charge in [-0.05, 0) is 43.5 Å². The molecule has 0 fully saturated rings. The van der Waals surface area contributed by atoms with Gasteiger partial charge in [0.05, 0.1) is 10.7 Å². The van der Waals surface area contributed by atoms with Crippen LogP contribution in [0.25, 0.3) is 0 Å². The van der Waals surface area contributed by atoms with Crippen LogP contribution in [0, 0.1) is 10.1 Å². The van der Waals surface area contributed by atoms with Crippen LogP contribution in [0.3, 0.4) is 0 Å². The van der Waals surface area contributed by atoms with Gasteiger partial charge in [0.1, 0.15) is 0 Å². The number of nitro groups is 1. The Morgan fingerprint density at radius 2 is 2.00 bits per heavy atom. The average Bonchev–Trinajstić information content (AvgIpc) is 2.63. The minimum absolute atomic E-state index is 0.297. The number of aryl methyl sites for hydroxylation is 1. The average molecular weight is 376 g/mol. The molecule has 0 aliphatic heterocycles. The normalized spacial score (nSPS) is 11.3. The van der Waals surface area contributed by atoms with Gasteiger partial charge in [-0.2, -0.15) is 0 Å². The highest BCUT2D eigenvalue weighted by atomic mass is 35.5. The molecular formula is C18H22ClN5O2. The van der Waals surface area contributed by atoms with Crippen LogP contribution in [-0.2, 0) is 12.8 Å². The molecule has 0 unspecified atom stereocenters. The molecule has 8 heteroatoms. The first-order valence-electron chi connectivity index (χ1n) is 8.53. The van der Waals surface area contributed by atoms with Crippen LogP contribution in [0.1, 0.15) is 24.2 Å². The lowest BCUT2D eigenvalue weighted by molar-refractivity contribution is -0.463. The van der Waals surface area contributed by atoms with Crippen LogP contribution in [0.2, 0.25) is 5.02 Å². The maximum Gasteiger partial charge on any atom is 0.259 e. The summed E-state index contributed by atoms with van der Waals surface area (Å²) in [6, 6.07) is 9.32. The van der Waals surface area contributed by atoms with E-state index < -0.39 is 0 Å². The first-order chi connectivity index (χ1) is 12.6. The number of aromatic nitrogens is 2. The number of rotatable bonds is 10. The number of hydrogen-bond donors (Lipinski definition) is 1. The number of amidine groups is 1. The van der Waals surface area contributed by atoms with Gasteiger partial charge in [0, 0.05) is 42.5 Å². The quantitative estimate of drug-likeness (QED) is 0.226. The molecule has 26 heavy (non-hydrogen) atoms. The Labute approximate surface area is 157 Å². The molecule has 2 aromatic rings. The lowest BCUT2D eigenvalue weighted by atomic mass is 10.2. The molecule has 0 saturated heterocycles. The highest BCUT2D eigenvalue weighted by molar-refractivity contribution is 6.31. The third-order valence-electron chi connectivity index (χ3n) is 3.67. The molecule has 0 bridgehead atoms. The summed E-state index contributed by atoms with van der Waals surface area (Å²) >= 11 is 6.07. The number of aliphatic imine (C=N–C) groups is 1. The van der Waals surface area contributed by atoms with Crippen molar-refractivity contribution in [3.05, 3.63) is 69.3 Å². The molecule has 2 heterocycles. The zero-order valence-electron chi connectivity index (χ0n) is 14.5. The minimum Gasteiger partial charge on any atom is -0.368 e. The highest BCUT2D eigenvalue weighted by Gasteiger charge is 2.07. The molecule has 0 aromatic carbocycles. The van der Waals surface area contributed by atoms with Gasteiger partial charge in [-0.1, -0.05) is 17.7 Å². The summed E-state index contributed by atoms with van der Waals surface area (Å²) in [4.78, 5) is 23.2. The largest absolute Gasteiger partial charge is 0.368 e. The number of nitrogens with one attached hydrogen (secondary N) is 1. The minimum atomic E-state index is -0.375. The van der Waals surface area contributed by atoms with E-state index in [9.17, 15) is 10.1 Å². The van der Waals surface area contributed by atoms with Gasteiger partial charge >= 0.3 is 0 Å². The van der Waals surface area contributed by atoms with Crippen molar-refractivity contribution in [2.75, 3.05) is 19.6 Å². The van der Waals surface area contributed by atoms with Gasteiger partial charge in [0.25, 0.3) is 6.54 Å². The molecule has 138 valence electrons. The lowest BCUT2D eigenvalue weighted by Gasteiger charge is -2.07. The molecule has 7 nitrogen and oxygen atoms in total. The van der Waals surface area contributed by atoms with E-state index in [0.29, 0.717) is 30.4 Å². The second-order valence-electron chi connectivity index (χ2n) is 5.71. The molecule has 0 spiro atoms. The monoisotopic (exact) mass is 375 g/mol. The number of pyridine rings is 2. The summed E-state index contributed by atoms with van der Waals surface area (Å²) in [5.41, 5.74) is 1.81. The standard InChI is InChI=1S/C18H22ClN5O2/c19-16-7-5-12-21-17(16)8-2-4-11-22-18(14-24(25)26)23-13-9-15-6-1-3-10-20-15/h1,3,5-7,10,12H,2,4,8-9,11,13-14H2,(H,22,23). The summed E-state index contributed by atoms with van der Waals surface area (Å²) in [5, 5.41) is 14.5. The first kappa shape index (κ1) is 19.8. The SMILES string of the molecule is O=[N+]([O-])CC(=NCCCCc1ncccc1Cl)NCCc1ccccn1. The lowest BCUT2D eigenvalue weighted by Crippen LogP contribution is -2.32. The van der Waals surface area contributed by atoms with E-state index in [4.69, 9.17) is 11.6 Å². The summed E-state index contributed by atoms with van der Waals surface area (Å²) in [6.45, 7) is 0.797. The van der Waals surface area contributed by atoms with Crippen molar-refractivity contribution in [2.24, 2.45) is 4.99 Å². The zero-order chi connectivity index (χ0) is 18.6. The number of unbranched alkanes of at least 4 members (excludes halogenated alkanes) is 1. The summed E-state index contributed by atoms with van der Waals surface area (Å²) in [7, 11) is 0. The van der Waals surface area contributed by atoms with E-state index in [1.165, 1.54) is 0 Å². The van der Waals surface area contributed by atoms with Crippen molar-refractivity contribution in [1.82, 2.24) is 15.3 Å². The second kappa shape index (κ2) is 11.1. The molecule has 0 amide bonds. The summed E-state index contributed by atoms with van der Waals surface area (Å²) in [5.74, 6) is 0.404. The molecule has 0 atom stereocenters. The highest BCUT2D eigenvalue weighted by Crippen LogP contribution is 2.14. The van der Waals surface area contributed by atoms with Crippen molar-refractivity contribution in [1.29, 1.82) is 0 Å². The molecule has 0 aliphatic rings. The molecule has 1 N–H and O–H groups in total. The Bertz CT molecular complexity index is 725. The molecule has 0 aliphatic carbocycles. The van der Waals surface area contributed by atoms with Crippen LogP contribution in [0.4, 0.5) is 0 Å². The van der Waals surface area contributed by atoms with E-state index in [0.717, 1.165) is 30.7 Å². The van der Waals surface area contributed by atoms with Gasteiger partial charge in [0.2, 0.25) is 0 Å². The summed E-state index contributed by atoms with van der Waals surface area (Å²) < 4.78 is 0. The van der Waals surface area contributed by atoms with Gasteiger partial charge in [-0.15, -0.1) is 0 Å². The Balaban J connectivity index is 1.74. The van der Waals surface area contributed by atoms with E-state index in [1.54, 1.807) is 18.5 Å². The number of nitrogens with zero attached hydrogens (tertiary/aromatic N) is 4. The van der Waals surface area contributed by atoms with Gasteiger partial charge < -0.3 is 5.32 Å². The molecule has 0 saturated carbocycles. The van der Waals surface area contributed by atoms with Crippen LogP contribution in [0.5, 0.6) is 0 Å². The summed E-state index contributed by atoms with van der Waals surface area (Å²) in [6.07, 6.45) is 6.61. The van der Waals surface area contributed by atoms with Crippen molar-refractivity contribution in [3.63, 3.8) is 0 Å². The van der Waals surface area contributed by atoms with Crippen molar-refractivity contribution in [2.45, 2.75) is 25.7 Å². The van der Waals surface area contributed by atoms with Crippen molar-refractivity contribution in [3.8, 4) is 0 Å².